The van der Waals surface area contributed by atoms with E-state index in [1.165, 1.54) is 31.1 Å². The minimum absolute atomic E-state index is 0.0993. The summed E-state index contributed by atoms with van der Waals surface area (Å²) in [6.45, 7) is -0.557. The van der Waals surface area contributed by atoms with Crippen LogP contribution in [-0.2, 0) is 11.2 Å². The average molecular weight is 364 g/mol. The molecular formula is C15H16F4N2O2S. The van der Waals surface area contributed by atoms with Crippen LogP contribution in [0.1, 0.15) is 16.4 Å². The highest BCUT2D eigenvalue weighted by molar-refractivity contribution is 8.13. The third kappa shape index (κ3) is 4.00. The first-order valence-electron chi connectivity index (χ1n) is 7.12. The normalized spacial score (nSPS) is 17.9. The molecule has 1 aliphatic rings. The van der Waals surface area contributed by atoms with Gasteiger partial charge in [-0.25, -0.2) is 4.39 Å². The van der Waals surface area contributed by atoms with Gasteiger partial charge in [-0.3, -0.25) is 9.59 Å². The molecule has 9 heteroatoms. The second-order valence-electron chi connectivity index (χ2n) is 5.58. The Morgan fingerprint density at radius 3 is 2.54 bits per heavy atom. The lowest BCUT2D eigenvalue weighted by molar-refractivity contribution is -0.185. The quantitative estimate of drug-likeness (QED) is 0.719. The summed E-state index contributed by atoms with van der Waals surface area (Å²) in [7, 11) is 2.99. The Balaban J connectivity index is 2.38. The standard InChI is InChI=1S/C15H16F4N2O2S/c1-20(2)14(23)24-11-8-21(13(22)15(17,18)19)7-6-9-4-3-5-10(16)12(9)11/h3-5,11H,6-8H2,1-2H3. The van der Waals surface area contributed by atoms with Gasteiger partial charge in [-0.2, -0.15) is 13.2 Å². The van der Waals surface area contributed by atoms with Crippen LogP contribution < -0.4 is 0 Å². The van der Waals surface area contributed by atoms with E-state index in [9.17, 15) is 27.2 Å². The van der Waals surface area contributed by atoms with Crippen molar-refractivity contribution in [1.29, 1.82) is 0 Å². The van der Waals surface area contributed by atoms with Crippen molar-refractivity contribution in [2.24, 2.45) is 0 Å². The van der Waals surface area contributed by atoms with Crippen molar-refractivity contribution in [2.75, 3.05) is 27.2 Å². The molecule has 1 unspecified atom stereocenters. The predicted molar refractivity (Wildman–Crippen MR) is 82.2 cm³/mol. The van der Waals surface area contributed by atoms with Crippen LogP contribution in [0, 0.1) is 5.82 Å². The van der Waals surface area contributed by atoms with Gasteiger partial charge in [-0.15, -0.1) is 0 Å². The Morgan fingerprint density at radius 1 is 1.29 bits per heavy atom. The van der Waals surface area contributed by atoms with Gasteiger partial charge in [0.2, 0.25) is 0 Å². The van der Waals surface area contributed by atoms with Crippen LogP contribution >= 0.6 is 11.8 Å². The number of thioether (sulfide) groups is 1. The number of hydrogen-bond acceptors (Lipinski definition) is 3. The summed E-state index contributed by atoms with van der Waals surface area (Å²) in [5, 5.41) is -1.32. The predicted octanol–water partition coefficient (Wildman–Crippen LogP) is 3.23. The van der Waals surface area contributed by atoms with E-state index in [0.29, 0.717) is 22.2 Å². The second kappa shape index (κ2) is 7.00. The van der Waals surface area contributed by atoms with Crippen LogP contribution in [0.25, 0.3) is 0 Å². The molecule has 1 atom stereocenters. The molecule has 0 spiro atoms. The van der Waals surface area contributed by atoms with E-state index >= 15 is 0 Å². The molecule has 132 valence electrons. The lowest BCUT2D eigenvalue weighted by Crippen LogP contribution is -2.43. The lowest BCUT2D eigenvalue weighted by Gasteiger charge is -2.26. The zero-order chi connectivity index (χ0) is 18.1. The smallest absolute Gasteiger partial charge is 0.340 e. The van der Waals surface area contributed by atoms with Crippen molar-refractivity contribution in [1.82, 2.24) is 9.80 Å². The van der Waals surface area contributed by atoms with Crippen molar-refractivity contribution in [3.8, 4) is 0 Å². The fourth-order valence-corrected chi connectivity index (χ4v) is 3.58. The topological polar surface area (TPSA) is 40.6 Å². The lowest BCUT2D eigenvalue weighted by atomic mass is 10.0. The second-order valence-corrected chi connectivity index (χ2v) is 6.73. The van der Waals surface area contributed by atoms with Gasteiger partial charge < -0.3 is 9.80 Å². The Morgan fingerprint density at radius 2 is 1.96 bits per heavy atom. The van der Waals surface area contributed by atoms with Gasteiger partial charge in [0, 0.05) is 32.7 Å². The fraction of sp³-hybridized carbons (Fsp3) is 0.467. The van der Waals surface area contributed by atoms with Gasteiger partial charge >= 0.3 is 12.1 Å². The van der Waals surface area contributed by atoms with Crippen LogP contribution in [0.5, 0.6) is 0 Å². The summed E-state index contributed by atoms with van der Waals surface area (Å²) in [5.74, 6) is -2.56. The molecule has 2 rings (SSSR count). The highest BCUT2D eigenvalue weighted by atomic mass is 32.2. The van der Waals surface area contributed by atoms with E-state index in [1.54, 1.807) is 6.07 Å². The fourth-order valence-electron chi connectivity index (χ4n) is 2.49. The number of rotatable bonds is 1. The van der Waals surface area contributed by atoms with Gasteiger partial charge in [0.1, 0.15) is 5.82 Å². The molecule has 0 saturated carbocycles. The number of amides is 2. The van der Waals surface area contributed by atoms with Crippen molar-refractivity contribution >= 4 is 22.9 Å². The molecule has 0 aromatic heterocycles. The van der Waals surface area contributed by atoms with Gasteiger partial charge in [-0.1, -0.05) is 23.9 Å². The molecule has 1 aliphatic heterocycles. The summed E-state index contributed by atoms with van der Waals surface area (Å²) in [4.78, 5) is 25.4. The van der Waals surface area contributed by atoms with Crippen molar-refractivity contribution in [2.45, 2.75) is 17.8 Å². The molecule has 4 nitrogen and oxygen atoms in total. The first-order chi connectivity index (χ1) is 11.1. The average Bonchev–Trinajstić information content (AvgIpc) is 2.66. The number of hydrogen-bond donors (Lipinski definition) is 0. The Kier molecular flexibility index (Phi) is 5.42. The van der Waals surface area contributed by atoms with Crippen molar-refractivity contribution < 1.29 is 27.2 Å². The van der Waals surface area contributed by atoms with E-state index in [1.807, 2.05) is 0 Å². The summed E-state index contributed by atoms with van der Waals surface area (Å²) in [6.07, 6.45) is -4.90. The largest absolute Gasteiger partial charge is 0.471 e. The van der Waals surface area contributed by atoms with Gasteiger partial charge in [0.15, 0.2) is 0 Å². The van der Waals surface area contributed by atoms with Gasteiger partial charge in [0.05, 0.1) is 5.25 Å². The van der Waals surface area contributed by atoms with Crippen LogP contribution in [0.3, 0.4) is 0 Å². The highest BCUT2D eigenvalue weighted by Crippen LogP contribution is 2.38. The van der Waals surface area contributed by atoms with E-state index < -0.39 is 28.4 Å². The van der Waals surface area contributed by atoms with E-state index in [0.717, 1.165) is 0 Å². The maximum atomic E-state index is 14.3. The molecule has 24 heavy (non-hydrogen) atoms. The number of benzene rings is 1. The third-order valence-corrected chi connectivity index (χ3v) is 4.88. The number of alkyl halides is 3. The Hall–Kier alpha value is -1.77. The zero-order valence-corrected chi connectivity index (χ0v) is 13.9. The molecule has 0 radical (unpaired) electrons. The molecule has 1 heterocycles. The van der Waals surface area contributed by atoms with Crippen molar-refractivity contribution in [3.05, 3.63) is 35.1 Å². The number of nitrogens with zero attached hydrogens (tertiary/aromatic N) is 2. The van der Waals surface area contributed by atoms with Gasteiger partial charge in [-0.05, 0) is 18.1 Å². The highest BCUT2D eigenvalue weighted by Gasteiger charge is 2.44. The maximum Gasteiger partial charge on any atom is 0.471 e. The molecule has 0 aliphatic carbocycles. The number of halogens is 4. The minimum Gasteiger partial charge on any atom is -0.340 e. The molecule has 0 fully saturated rings. The number of carbonyl (C=O) groups is 2. The molecule has 1 aromatic carbocycles. The minimum atomic E-state index is -5.00. The van der Waals surface area contributed by atoms with Crippen LogP contribution in [0.2, 0.25) is 0 Å². The number of carbonyl (C=O) groups excluding carboxylic acids is 2. The van der Waals surface area contributed by atoms with E-state index in [2.05, 4.69) is 0 Å². The van der Waals surface area contributed by atoms with Crippen molar-refractivity contribution in [3.63, 3.8) is 0 Å². The Bertz CT molecular complexity index is 649. The molecular weight excluding hydrogens is 348 g/mol. The van der Waals surface area contributed by atoms with Crippen LogP contribution in [-0.4, -0.2) is 54.3 Å². The Labute approximate surface area is 140 Å². The molecule has 1 aromatic rings. The summed E-state index contributed by atoms with van der Waals surface area (Å²) in [6, 6.07) is 4.27. The van der Waals surface area contributed by atoms with E-state index in [4.69, 9.17) is 0 Å². The monoisotopic (exact) mass is 364 g/mol. The molecule has 2 amide bonds. The summed E-state index contributed by atoms with van der Waals surface area (Å²) in [5.41, 5.74) is 0.701. The first-order valence-corrected chi connectivity index (χ1v) is 8.00. The summed E-state index contributed by atoms with van der Waals surface area (Å²) >= 11 is 0.716. The molecule has 0 saturated heterocycles. The molecule has 0 bridgehead atoms. The number of fused-ring (bicyclic) bond motifs is 1. The zero-order valence-electron chi connectivity index (χ0n) is 13.1. The maximum absolute atomic E-state index is 14.3. The first kappa shape index (κ1) is 18.6. The SMILES string of the molecule is CN(C)C(=O)SC1CN(C(=O)C(F)(F)F)CCc2cccc(F)c21. The van der Waals surface area contributed by atoms with Gasteiger partial charge in [0.25, 0.3) is 5.24 Å². The summed E-state index contributed by atoms with van der Waals surface area (Å²) < 4.78 is 52.5. The van der Waals surface area contributed by atoms with Crippen LogP contribution in [0.15, 0.2) is 18.2 Å². The van der Waals surface area contributed by atoms with E-state index in [-0.39, 0.29) is 25.1 Å². The molecule has 0 N–H and O–H groups in total. The van der Waals surface area contributed by atoms with Crippen LogP contribution in [0.4, 0.5) is 22.4 Å². The third-order valence-electron chi connectivity index (χ3n) is 3.64.